The third-order valence-electron chi connectivity index (χ3n) is 2.64. The summed E-state index contributed by atoms with van der Waals surface area (Å²) in [4.78, 5) is 0. The van der Waals surface area contributed by atoms with Crippen molar-refractivity contribution in [3.8, 4) is 11.5 Å². The Labute approximate surface area is 99.1 Å². The van der Waals surface area contributed by atoms with Crippen molar-refractivity contribution < 1.29 is 14.7 Å². The summed E-state index contributed by atoms with van der Waals surface area (Å²) < 4.78 is 10.4. The molecule has 2 aromatic rings. The molecular formula is C13H13NO3. The Hall–Kier alpha value is -2.23. The zero-order valence-electron chi connectivity index (χ0n) is 9.68. The van der Waals surface area contributed by atoms with Crippen LogP contribution in [-0.4, -0.2) is 25.6 Å². The van der Waals surface area contributed by atoms with Crippen LogP contribution in [0, 0.1) is 0 Å². The molecule has 0 radical (unpaired) electrons. The van der Waals surface area contributed by atoms with Gasteiger partial charge in [0.25, 0.3) is 0 Å². The maximum atomic E-state index is 8.71. The third-order valence-corrected chi connectivity index (χ3v) is 2.64. The number of hydrogen-bond acceptors (Lipinski definition) is 4. The zero-order valence-corrected chi connectivity index (χ0v) is 9.68. The Kier molecular flexibility index (Phi) is 3.14. The second-order valence-electron chi connectivity index (χ2n) is 3.51. The minimum Gasteiger partial charge on any atom is -0.497 e. The van der Waals surface area contributed by atoms with E-state index >= 15 is 0 Å². The Morgan fingerprint density at radius 2 is 1.88 bits per heavy atom. The molecule has 4 nitrogen and oxygen atoms in total. The van der Waals surface area contributed by atoms with Crippen LogP contribution < -0.4 is 9.47 Å². The van der Waals surface area contributed by atoms with Crippen molar-refractivity contribution >= 4 is 17.0 Å². The molecule has 1 N–H and O–H groups in total. The third kappa shape index (κ3) is 2.01. The van der Waals surface area contributed by atoms with Gasteiger partial charge in [0.2, 0.25) is 0 Å². The number of ether oxygens (including phenoxy) is 2. The van der Waals surface area contributed by atoms with E-state index in [0.29, 0.717) is 5.75 Å². The SMILES string of the molecule is COc1ccc2ccc(OC)c(/C=N\O)c2c1. The number of benzene rings is 2. The van der Waals surface area contributed by atoms with Crippen molar-refractivity contribution in [2.75, 3.05) is 14.2 Å². The van der Waals surface area contributed by atoms with Crippen molar-refractivity contribution in [1.82, 2.24) is 0 Å². The number of hydrogen-bond donors (Lipinski definition) is 1. The van der Waals surface area contributed by atoms with Gasteiger partial charge in [-0.2, -0.15) is 0 Å². The second kappa shape index (κ2) is 4.74. The number of methoxy groups -OCH3 is 2. The molecule has 0 aliphatic rings. The van der Waals surface area contributed by atoms with Gasteiger partial charge >= 0.3 is 0 Å². The summed E-state index contributed by atoms with van der Waals surface area (Å²) >= 11 is 0. The maximum absolute atomic E-state index is 8.71. The highest BCUT2D eigenvalue weighted by atomic mass is 16.5. The van der Waals surface area contributed by atoms with E-state index in [0.717, 1.165) is 22.1 Å². The average Bonchev–Trinajstić information content (AvgIpc) is 2.39. The van der Waals surface area contributed by atoms with E-state index in [9.17, 15) is 0 Å². The quantitative estimate of drug-likeness (QED) is 0.502. The zero-order chi connectivity index (χ0) is 12.3. The average molecular weight is 231 g/mol. The minimum atomic E-state index is 0.656. The van der Waals surface area contributed by atoms with Gasteiger partial charge in [-0.25, -0.2) is 0 Å². The van der Waals surface area contributed by atoms with E-state index in [4.69, 9.17) is 14.7 Å². The van der Waals surface area contributed by atoms with Crippen molar-refractivity contribution in [3.05, 3.63) is 35.9 Å². The lowest BCUT2D eigenvalue weighted by Crippen LogP contribution is -1.93. The molecular weight excluding hydrogens is 218 g/mol. The normalized spacial score (nSPS) is 10.9. The molecule has 0 spiro atoms. The number of oxime groups is 1. The Morgan fingerprint density at radius 1 is 1.12 bits per heavy atom. The molecule has 0 heterocycles. The van der Waals surface area contributed by atoms with Gasteiger partial charge in [-0.15, -0.1) is 0 Å². The fraction of sp³-hybridized carbons (Fsp3) is 0.154. The Bertz CT molecular complexity index is 559. The fourth-order valence-corrected chi connectivity index (χ4v) is 1.80. The van der Waals surface area contributed by atoms with Crippen LogP contribution >= 0.6 is 0 Å². The highest BCUT2D eigenvalue weighted by Crippen LogP contribution is 2.29. The molecule has 0 atom stereocenters. The first-order valence-electron chi connectivity index (χ1n) is 5.12. The highest BCUT2D eigenvalue weighted by molar-refractivity contribution is 6.02. The molecule has 0 unspecified atom stereocenters. The van der Waals surface area contributed by atoms with Gasteiger partial charge in [0.1, 0.15) is 11.5 Å². The van der Waals surface area contributed by atoms with Crippen LogP contribution in [0.3, 0.4) is 0 Å². The summed E-state index contributed by atoms with van der Waals surface area (Å²) in [6.07, 6.45) is 1.36. The van der Waals surface area contributed by atoms with Crippen LogP contribution in [0.15, 0.2) is 35.5 Å². The van der Waals surface area contributed by atoms with E-state index in [-0.39, 0.29) is 0 Å². The molecule has 2 rings (SSSR count). The van der Waals surface area contributed by atoms with Crippen LogP contribution in [-0.2, 0) is 0 Å². The van der Waals surface area contributed by atoms with E-state index in [1.165, 1.54) is 6.21 Å². The van der Waals surface area contributed by atoms with E-state index < -0.39 is 0 Å². The number of fused-ring (bicyclic) bond motifs is 1. The minimum absolute atomic E-state index is 0.656. The number of nitrogens with zero attached hydrogens (tertiary/aromatic N) is 1. The Morgan fingerprint density at radius 3 is 2.53 bits per heavy atom. The molecule has 0 aliphatic heterocycles. The summed E-state index contributed by atoms with van der Waals surface area (Å²) in [6.45, 7) is 0. The van der Waals surface area contributed by atoms with Gasteiger partial charge in [-0.05, 0) is 29.0 Å². The van der Waals surface area contributed by atoms with Crippen LogP contribution in [0.1, 0.15) is 5.56 Å². The van der Waals surface area contributed by atoms with Crippen LogP contribution in [0.2, 0.25) is 0 Å². The van der Waals surface area contributed by atoms with Gasteiger partial charge < -0.3 is 14.7 Å². The molecule has 0 aromatic heterocycles. The molecule has 4 heteroatoms. The molecule has 0 bridgehead atoms. The van der Waals surface area contributed by atoms with Crippen molar-refractivity contribution in [1.29, 1.82) is 0 Å². The first-order valence-corrected chi connectivity index (χ1v) is 5.12. The van der Waals surface area contributed by atoms with Crippen molar-refractivity contribution in [3.63, 3.8) is 0 Å². The lowest BCUT2D eigenvalue weighted by atomic mass is 10.0. The maximum Gasteiger partial charge on any atom is 0.128 e. The molecule has 88 valence electrons. The molecule has 0 amide bonds. The van der Waals surface area contributed by atoms with E-state index in [2.05, 4.69) is 5.16 Å². The predicted molar refractivity (Wildman–Crippen MR) is 66.4 cm³/mol. The second-order valence-corrected chi connectivity index (χ2v) is 3.51. The lowest BCUT2D eigenvalue weighted by molar-refractivity contribution is 0.321. The highest BCUT2D eigenvalue weighted by Gasteiger charge is 2.07. The lowest BCUT2D eigenvalue weighted by Gasteiger charge is -2.09. The molecule has 2 aromatic carbocycles. The summed E-state index contributed by atoms with van der Waals surface area (Å²) in [7, 11) is 3.19. The first kappa shape index (κ1) is 11.3. The van der Waals surface area contributed by atoms with Crippen LogP contribution in [0.4, 0.5) is 0 Å². The topological polar surface area (TPSA) is 51.0 Å². The monoisotopic (exact) mass is 231 g/mol. The van der Waals surface area contributed by atoms with Gasteiger partial charge in [0, 0.05) is 5.56 Å². The Balaban J connectivity index is 2.76. The van der Waals surface area contributed by atoms with E-state index in [1.54, 1.807) is 14.2 Å². The van der Waals surface area contributed by atoms with Crippen molar-refractivity contribution in [2.45, 2.75) is 0 Å². The smallest absolute Gasteiger partial charge is 0.128 e. The van der Waals surface area contributed by atoms with Gasteiger partial charge in [-0.1, -0.05) is 17.3 Å². The van der Waals surface area contributed by atoms with Gasteiger partial charge in [0.05, 0.1) is 20.4 Å². The summed E-state index contributed by atoms with van der Waals surface area (Å²) in [5, 5.41) is 13.7. The van der Waals surface area contributed by atoms with Gasteiger partial charge in [-0.3, -0.25) is 0 Å². The van der Waals surface area contributed by atoms with Crippen LogP contribution in [0.5, 0.6) is 11.5 Å². The molecule has 0 aliphatic carbocycles. The number of rotatable bonds is 3. The predicted octanol–water partition coefficient (Wildman–Crippen LogP) is 2.67. The largest absolute Gasteiger partial charge is 0.497 e. The standard InChI is InChI=1S/C13H13NO3/c1-16-10-5-3-9-4-6-13(17-2)12(8-14-15)11(9)7-10/h3-8,15H,1-2H3/b14-8-. The fourth-order valence-electron chi connectivity index (χ4n) is 1.80. The molecule has 17 heavy (non-hydrogen) atoms. The van der Waals surface area contributed by atoms with E-state index in [1.807, 2.05) is 30.3 Å². The molecule has 0 saturated carbocycles. The molecule has 0 saturated heterocycles. The summed E-state index contributed by atoms with van der Waals surface area (Å²) in [5.41, 5.74) is 0.728. The first-order chi connectivity index (χ1) is 8.30. The van der Waals surface area contributed by atoms with Crippen molar-refractivity contribution in [2.24, 2.45) is 5.16 Å². The van der Waals surface area contributed by atoms with Crippen LogP contribution in [0.25, 0.3) is 10.8 Å². The van der Waals surface area contributed by atoms with Gasteiger partial charge in [0.15, 0.2) is 0 Å². The molecule has 0 fully saturated rings. The summed E-state index contributed by atoms with van der Waals surface area (Å²) in [5.74, 6) is 1.40. The summed E-state index contributed by atoms with van der Waals surface area (Å²) in [6, 6.07) is 9.50.